The lowest BCUT2D eigenvalue weighted by molar-refractivity contribution is -0.117. The van der Waals surface area contributed by atoms with Crippen LogP contribution in [0.4, 0.5) is 0 Å². The molecule has 1 aliphatic rings. The van der Waals surface area contributed by atoms with Crippen LogP contribution in [0.3, 0.4) is 0 Å². The summed E-state index contributed by atoms with van der Waals surface area (Å²) in [5.41, 5.74) is 10.5. The van der Waals surface area contributed by atoms with Crippen LogP contribution < -0.4 is 5.73 Å². The van der Waals surface area contributed by atoms with E-state index in [1.165, 1.54) is 5.56 Å². The first-order valence-corrected chi connectivity index (χ1v) is 8.35. The maximum atomic E-state index is 12.0. The molecule has 1 fully saturated rings. The average Bonchev–Trinajstić information content (AvgIpc) is 3.10. The summed E-state index contributed by atoms with van der Waals surface area (Å²) in [4.78, 5) is 24.7. The molecule has 1 heterocycles. The standard InChI is InChI=1S/C20H22N2O2/c1-2-14-5-3-4-6-17(14)15-7-8-18(19(11-15)20(21)24)16-9-10-22(12-16)13-23/h3-8,11,13,16H,2,9-10,12H2,1H3,(H2,21,24). The highest BCUT2D eigenvalue weighted by Gasteiger charge is 2.26. The Balaban J connectivity index is 2.02. The number of carbonyl (C=O) groups excluding carboxylic acids is 2. The van der Waals surface area contributed by atoms with Crippen LogP contribution in [0.5, 0.6) is 0 Å². The number of carbonyl (C=O) groups is 2. The molecule has 124 valence electrons. The second-order valence-electron chi connectivity index (χ2n) is 6.26. The molecule has 0 radical (unpaired) electrons. The highest BCUT2D eigenvalue weighted by molar-refractivity contribution is 5.96. The lowest BCUT2D eigenvalue weighted by Gasteiger charge is -2.16. The van der Waals surface area contributed by atoms with Crippen molar-refractivity contribution in [3.05, 3.63) is 59.2 Å². The van der Waals surface area contributed by atoms with Gasteiger partial charge in [0, 0.05) is 24.6 Å². The van der Waals surface area contributed by atoms with Crippen LogP contribution in [0.15, 0.2) is 42.5 Å². The first kappa shape index (κ1) is 16.2. The zero-order valence-electron chi connectivity index (χ0n) is 13.9. The second-order valence-corrected chi connectivity index (χ2v) is 6.26. The molecule has 0 spiro atoms. The summed E-state index contributed by atoms with van der Waals surface area (Å²) in [6.07, 6.45) is 2.67. The first-order chi connectivity index (χ1) is 11.6. The molecule has 0 aliphatic carbocycles. The third-order valence-corrected chi connectivity index (χ3v) is 4.84. The van der Waals surface area contributed by atoms with Gasteiger partial charge in [0.15, 0.2) is 0 Å². The molecule has 0 aromatic heterocycles. The number of amides is 2. The van der Waals surface area contributed by atoms with Crippen LogP contribution in [0.1, 0.15) is 40.7 Å². The van der Waals surface area contributed by atoms with Crippen molar-refractivity contribution in [3.63, 3.8) is 0 Å². The molecule has 0 bridgehead atoms. The average molecular weight is 322 g/mol. The van der Waals surface area contributed by atoms with Gasteiger partial charge in [-0.2, -0.15) is 0 Å². The number of nitrogens with two attached hydrogens (primary N) is 1. The van der Waals surface area contributed by atoms with Crippen LogP contribution in [0, 0.1) is 0 Å². The summed E-state index contributed by atoms with van der Waals surface area (Å²) >= 11 is 0. The number of rotatable bonds is 5. The first-order valence-electron chi connectivity index (χ1n) is 8.35. The van der Waals surface area contributed by atoms with Gasteiger partial charge >= 0.3 is 0 Å². The largest absolute Gasteiger partial charge is 0.366 e. The maximum Gasteiger partial charge on any atom is 0.249 e. The van der Waals surface area contributed by atoms with Gasteiger partial charge in [0.25, 0.3) is 0 Å². The fourth-order valence-corrected chi connectivity index (χ4v) is 3.54. The van der Waals surface area contributed by atoms with Crippen LogP contribution in [-0.2, 0) is 11.2 Å². The summed E-state index contributed by atoms with van der Waals surface area (Å²) in [5.74, 6) is -0.237. The number of hydrogen-bond donors (Lipinski definition) is 1. The predicted molar refractivity (Wildman–Crippen MR) is 94.8 cm³/mol. The van der Waals surface area contributed by atoms with Gasteiger partial charge in [0.05, 0.1) is 0 Å². The van der Waals surface area contributed by atoms with E-state index >= 15 is 0 Å². The van der Waals surface area contributed by atoms with Gasteiger partial charge in [-0.25, -0.2) is 0 Å². The molecule has 2 N–H and O–H groups in total. The SMILES string of the molecule is CCc1ccccc1-c1ccc(C2CCN(C=O)C2)c(C(N)=O)c1. The van der Waals surface area contributed by atoms with E-state index in [-0.39, 0.29) is 5.92 Å². The second kappa shape index (κ2) is 6.87. The number of nitrogens with zero attached hydrogens (tertiary/aromatic N) is 1. The number of primary amides is 1. The third-order valence-electron chi connectivity index (χ3n) is 4.84. The van der Waals surface area contributed by atoms with Gasteiger partial charge in [0.2, 0.25) is 12.3 Å². The van der Waals surface area contributed by atoms with Crippen LogP contribution in [0.25, 0.3) is 11.1 Å². The van der Waals surface area contributed by atoms with E-state index in [2.05, 4.69) is 25.1 Å². The normalized spacial score (nSPS) is 17.0. The molecular formula is C20H22N2O2. The van der Waals surface area contributed by atoms with Crippen LogP contribution in [-0.4, -0.2) is 30.3 Å². The van der Waals surface area contributed by atoms with Crippen molar-refractivity contribution in [1.29, 1.82) is 0 Å². The number of benzene rings is 2. The van der Waals surface area contributed by atoms with E-state index in [1.54, 1.807) is 4.90 Å². The minimum Gasteiger partial charge on any atom is -0.366 e. The van der Waals surface area contributed by atoms with E-state index in [1.807, 2.05) is 24.3 Å². The van der Waals surface area contributed by atoms with Crippen molar-refractivity contribution >= 4 is 12.3 Å². The summed E-state index contributed by atoms with van der Waals surface area (Å²) in [7, 11) is 0. The van der Waals surface area contributed by atoms with Crippen LogP contribution in [0.2, 0.25) is 0 Å². The smallest absolute Gasteiger partial charge is 0.249 e. The molecule has 1 saturated heterocycles. The Morgan fingerprint density at radius 3 is 2.75 bits per heavy atom. The Hall–Kier alpha value is -2.62. The molecule has 0 saturated carbocycles. The molecule has 1 atom stereocenters. The van der Waals surface area contributed by atoms with Crippen LogP contribution >= 0.6 is 0 Å². The minimum absolute atomic E-state index is 0.174. The van der Waals surface area contributed by atoms with Gasteiger partial charge in [-0.3, -0.25) is 9.59 Å². The molecular weight excluding hydrogens is 300 g/mol. The fraction of sp³-hybridized carbons (Fsp3) is 0.300. The van der Waals surface area contributed by atoms with E-state index in [0.717, 1.165) is 42.5 Å². The number of aryl methyl sites for hydroxylation is 1. The van der Waals surface area contributed by atoms with Crippen molar-refractivity contribution in [2.45, 2.75) is 25.7 Å². The number of hydrogen-bond acceptors (Lipinski definition) is 2. The Morgan fingerprint density at radius 1 is 1.29 bits per heavy atom. The zero-order chi connectivity index (χ0) is 17.1. The van der Waals surface area contributed by atoms with E-state index < -0.39 is 5.91 Å². The Bertz CT molecular complexity index is 770. The summed E-state index contributed by atoms with van der Waals surface area (Å²) in [6.45, 7) is 3.50. The van der Waals surface area contributed by atoms with Crippen molar-refractivity contribution < 1.29 is 9.59 Å². The molecule has 3 rings (SSSR count). The molecule has 4 nitrogen and oxygen atoms in total. The Morgan fingerprint density at radius 2 is 2.08 bits per heavy atom. The molecule has 2 amide bonds. The quantitative estimate of drug-likeness (QED) is 0.860. The van der Waals surface area contributed by atoms with Crippen molar-refractivity contribution in [2.24, 2.45) is 5.73 Å². The highest BCUT2D eigenvalue weighted by Crippen LogP contribution is 2.32. The van der Waals surface area contributed by atoms with Gasteiger partial charge in [-0.15, -0.1) is 0 Å². The third kappa shape index (κ3) is 3.04. The topological polar surface area (TPSA) is 63.4 Å². The molecule has 4 heteroatoms. The van der Waals surface area contributed by atoms with E-state index in [0.29, 0.717) is 12.1 Å². The molecule has 2 aromatic carbocycles. The summed E-state index contributed by atoms with van der Waals surface area (Å²) in [5, 5.41) is 0. The van der Waals surface area contributed by atoms with E-state index in [4.69, 9.17) is 5.73 Å². The van der Waals surface area contributed by atoms with Gasteiger partial charge in [-0.1, -0.05) is 43.3 Å². The maximum absolute atomic E-state index is 12.0. The molecule has 1 unspecified atom stereocenters. The van der Waals surface area contributed by atoms with Crippen molar-refractivity contribution in [1.82, 2.24) is 4.90 Å². The Kier molecular flexibility index (Phi) is 4.65. The fourth-order valence-electron chi connectivity index (χ4n) is 3.54. The lowest BCUT2D eigenvalue weighted by Crippen LogP contribution is -2.19. The monoisotopic (exact) mass is 322 g/mol. The van der Waals surface area contributed by atoms with Crippen molar-refractivity contribution in [3.8, 4) is 11.1 Å². The van der Waals surface area contributed by atoms with Gasteiger partial charge in [-0.05, 0) is 41.2 Å². The summed E-state index contributed by atoms with van der Waals surface area (Å²) in [6, 6.07) is 14.2. The Labute approximate surface area is 142 Å². The number of likely N-dealkylation sites (tertiary alicyclic amines) is 1. The summed E-state index contributed by atoms with van der Waals surface area (Å²) < 4.78 is 0. The zero-order valence-corrected chi connectivity index (χ0v) is 13.9. The molecule has 24 heavy (non-hydrogen) atoms. The minimum atomic E-state index is -0.412. The van der Waals surface area contributed by atoms with Gasteiger partial charge < -0.3 is 10.6 Å². The van der Waals surface area contributed by atoms with Gasteiger partial charge in [0.1, 0.15) is 0 Å². The van der Waals surface area contributed by atoms with E-state index in [9.17, 15) is 9.59 Å². The van der Waals surface area contributed by atoms with Crippen molar-refractivity contribution in [2.75, 3.05) is 13.1 Å². The lowest BCUT2D eigenvalue weighted by atomic mass is 9.89. The molecule has 1 aliphatic heterocycles. The predicted octanol–water partition coefficient (Wildman–Crippen LogP) is 2.96. The molecule has 2 aromatic rings. The highest BCUT2D eigenvalue weighted by atomic mass is 16.1.